The van der Waals surface area contributed by atoms with Crippen LogP contribution < -0.4 is 11.3 Å². The first-order chi connectivity index (χ1) is 9.77. The normalized spacial score (nSPS) is 27.6. The molecular weight excluding hydrogens is 356 g/mol. The third-order valence-electron chi connectivity index (χ3n) is 4.09. The molecule has 3 atom stereocenters. The highest BCUT2D eigenvalue weighted by atomic mass is 79.9. The molecule has 1 aromatic heterocycles. The Balaban J connectivity index is 2.48. The molecule has 2 rings (SSSR count). The number of piperidine rings is 1. The van der Waals surface area contributed by atoms with Crippen molar-refractivity contribution in [2.24, 2.45) is 17.7 Å². The summed E-state index contributed by atoms with van der Waals surface area (Å²) in [6.45, 7) is 6.63. The number of hydrazine groups is 1. The molecule has 0 aliphatic carbocycles. The number of nitrogens with zero attached hydrogens (tertiary/aromatic N) is 2. The van der Waals surface area contributed by atoms with E-state index in [4.69, 9.17) is 5.84 Å². The molecule has 0 spiro atoms. The lowest BCUT2D eigenvalue weighted by Gasteiger charge is -2.40. The zero-order chi connectivity index (χ0) is 15.8. The Bertz CT molecular complexity index is 623. The summed E-state index contributed by atoms with van der Waals surface area (Å²) < 4.78 is 28.1. The number of hydrogen-bond donors (Lipinski definition) is 2. The average molecular weight is 377 g/mol. The van der Waals surface area contributed by atoms with Crippen LogP contribution in [0.5, 0.6) is 0 Å². The molecule has 0 amide bonds. The lowest BCUT2D eigenvalue weighted by Crippen LogP contribution is -2.48. The van der Waals surface area contributed by atoms with Gasteiger partial charge in [-0.05, 0) is 47.2 Å². The van der Waals surface area contributed by atoms with E-state index in [0.29, 0.717) is 22.9 Å². The number of halogens is 1. The highest BCUT2D eigenvalue weighted by Crippen LogP contribution is 2.34. The first-order valence-electron chi connectivity index (χ1n) is 6.91. The van der Waals surface area contributed by atoms with E-state index < -0.39 is 10.0 Å². The van der Waals surface area contributed by atoms with Gasteiger partial charge in [0.05, 0.1) is 0 Å². The highest BCUT2D eigenvalue weighted by Gasteiger charge is 2.38. The Labute approximate surface area is 134 Å². The minimum absolute atomic E-state index is 0.0455. The van der Waals surface area contributed by atoms with E-state index in [9.17, 15) is 8.42 Å². The van der Waals surface area contributed by atoms with Crippen LogP contribution in [0, 0.1) is 11.8 Å². The largest absolute Gasteiger partial charge is 0.307 e. The summed E-state index contributed by atoms with van der Waals surface area (Å²) in [7, 11) is -3.64. The van der Waals surface area contributed by atoms with Gasteiger partial charge in [-0.3, -0.25) is 0 Å². The summed E-state index contributed by atoms with van der Waals surface area (Å²) in [6.07, 6.45) is 2.55. The van der Waals surface area contributed by atoms with Crippen LogP contribution in [0.25, 0.3) is 0 Å². The van der Waals surface area contributed by atoms with Crippen molar-refractivity contribution in [3.8, 4) is 0 Å². The second-order valence-corrected chi connectivity index (χ2v) is 8.55. The molecule has 8 heteroatoms. The van der Waals surface area contributed by atoms with Crippen molar-refractivity contribution in [1.29, 1.82) is 0 Å². The molecule has 118 valence electrons. The average Bonchev–Trinajstić information content (AvgIpc) is 2.42. The van der Waals surface area contributed by atoms with E-state index >= 15 is 0 Å². The fraction of sp³-hybridized carbons (Fsp3) is 0.615. The number of sulfonamides is 1. The van der Waals surface area contributed by atoms with Crippen molar-refractivity contribution in [3.05, 3.63) is 16.7 Å². The van der Waals surface area contributed by atoms with Crippen molar-refractivity contribution < 1.29 is 8.42 Å². The quantitative estimate of drug-likeness (QED) is 0.623. The summed E-state index contributed by atoms with van der Waals surface area (Å²) >= 11 is 3.27. The predicted octanol–water partition coefficient (Wildman–Crippen LogP) is 2.18. The van der Waals surface area contributed by atoms with E-state index in [0.717, 1.165) is 6.42 Å². The lowest BCUT2D eigenvalue weighted by molar-refractivity contribution is 0.157. The van der Waals surface area contributed by atoms with E-state index in [1.165, 1.54) is 12.3 Å². The van der Waals surface area contributed by atoms with Crippen LogP contribution in [-0.4, -0.2) is 30.3 Å². The fourth-order valence-corrected chi connectivity index (χ4v) is 5.30. The third-order valence-corrected chi connectivity index (χ3v) is 6.49. The van der Waals surface area contributed by atoms with Crippen LogP contribution in [0.15, 0.2) is 21.6 Å². The zero-order valence-electron chi connectivity index (χ0n) is 12.4. The maximum absolute atomic E-state index is 13.0. The van der Waals surface area contributed by atoms with E-state index in [1.54, 1.807) is 4.31 Å². The van der Waals surface area contributed by atoms with Gasteiger partial charge < -0.3 is 5.43 Å². The van der Waals surface area contributed by atoms with Gasteiger partial charge in [0, 0.05) is 23.3 Å². The zero-order valence-corrected chi connectivity index (χ0v) is 14.8. The van der Waals surface area contributed by atoms with Crippen molar-refractivity contribution in [2.45, 2.75) is 38.1 Å². The van der Waals surface area contributed by atoms with Crippen LogP contribution in [-0.2, 0) is 10.0 Å². The summed E-state index contributed by atoms with van der Waals surface area (Å²) in [4.78, 5) is 4.14. The maximum Gasteiger partial charge on any atom is 0.247 e. The molecule has 2 heterocycles. The van der Waals surface area contributed by atoms with Crippen LogP contribution in [0.4, 0.5) is 5.82 Å². The second-order valence-electron chi connectivity index (χ2n) is 5.78. The van der Waals surface area contributed by atoms with Crippen LogP contribution >= 0.6 is 15.9 Å². The number of rotatable bonds is 3. The lowest BCUT2D eigenvalue weighted by atomic mass is 9.88. The topological polar surface area (TPSA) is 88.3 Å². The number of pyridine rings is 1. The van der Waals surface area contributed by atoms with Crippen molar-refractivity contribution in [2.75, 3.05) is 12.0 Å². The Kier molecular flexibility index (Phi) is 4.92. The van der Waals surface area contributed by atoms with Gasteiger partial charge in [-0.15, -0.1) is 0 Å². The Morgan fingerprint density at radius 1 is 1.43 bits per heavy atom. The Hall–Kier alpha value is -0.700. The van der Waals surface area contributed by atoms with Gasteiger partial charge in [0.15, 0.2) is 5.82 Å². The van der Waals surface area contributed by atoms with E-state index in [2.05, 4.69) is 40.2 Å². The van der Waals surface area contributed by atoms with E-state index in [1.807, 2.05) is 6.92 Å². The first-order valence-corrected chi connectivity index (χ1v) is 9.14. The molecule has 0 aromatic carbocycles. The number of anilines is 1. The molecule has 0 radical (unpaired) electrons. The maximum atomic E-state index is 13.0. The summed E-state index contributed by atoms with van der Waals surface area (Å²) in [5, 5.41) is 0. The van der Waals surface area contributed by atoms with Crippen molar-refractivity contribution in [1.82, 2.24) is 9.29 Å². The van der Waals surface area contributed by atoms with Gasteiger partial charge in [-0.2, -0.15) is 4.31 Å². The molecule has 3 unspecified atom stereocenters. The van der Waals surface area contributed by atoms with Crippen LogP contribution in [0.1, 0.15) is 27.2 Å². The summed E-state index contributed by atoms with van der Waals surface area (Å²) in [5.41, 5.74) is 2.37. The number of nitrogens with two attached hydrogens (primary N) is 1. The molecule has 21 heavy (non-hydrogen) atoms. The number of nitrogen functional groups attached to an aromatic ring is 1. The number of hydrogen-bond acceptors (Lipinski definition) is 5. The molecular formula is C13H21BrN4O2S. The molecule has 1 aliphatic rings. The highest BCUT2D eigenvalue weighted by molar-refractivity contribution is 9.10. The molecule has 0 bridgehead atoms. The molecule has 1 aromatic rings. The van der Waals surface area contributed by atoms with Gasteiger partial charge in [0.25, 0.3) is 0 Å². The van der Waals surface area contributed by atoms with Crippen LogP contribution in [0.2, 0.25) is 0 Å². The molecule has 1 aliphatic heterocycles. The number of aromatic nitrogens is 1. The van der Waals surface area contributed by atoms with Crippen molar-refractivity contribution in [3.63, 3.8) is 0 Å². The standard InChI is InChI=1S/C13H21BrN4O2S/c1-8-4-9(2)10(3)18(7-8)21(19,20)12-5-11(14)6-16-13(12)17-15/h5-6,8-10H,4,7,15H2,1-3H3,(H,16,17). The number of nitrogens with one attached hydrogen (secondary N) is 1. The van der Waals surface area contributed by atoms with E-state index in [-0.39, 0.29) is 16.8 Å². The van der Waals surface area contributed by atoms with Gasteiger partial charge in [-0.25, -0.2) is 19.2 Å². The fourth-order valence-electron chi connectivity index (χ4n) is 2.83. The van der Waals surface area contributed by atoms with Gasteiger partial charge in [-0.1, -0.05) is 13.8 Å². The molecule has 0 saturated carbocycles. The van der Waals surface area contributed by atoms with Gasteiger partial charge >= 0.3 is 0 Å². The molecule has 1 saturated heterocycles. The smallest absolute Gasteiger partial charge is 0.247 e. The molecule has 6 nitrogen and oxygen atoms in total. The molecule has 3 N–H and O–H groups in total. The Morgan fingerprint density at radius 3 is 2.71 bits per heavy atom. The third kappa shape index (κ3) is 3.23. The minimum Gasteiger partial charge on any atom is -0.307 e. The van der Waals surface area contributed by atoms with Gasteiger partial charge in [0.2, 0.25) is 10.0 Å². The Morgan fingerprint density at radius 2 is 2.10 bits per heavy atom. The molecule has 1 fully saturated rings. The summed E-state index contributed by atoms with van der Waals surface area (Å²) in [6, 6.07) is 1.49. The second kappa shape index (κ2) is 6.20. The van der Waals surface area contributed by atoms with Crippen LogP contribution in [0.3, 0.4) is 0 Å². The van der Waals surface area contributed by atoms with Gasteiger partial charge in [0.1, 0.15) is 4.90 Å². The summed E-state index contributed by atoms with van der Waals surface area (Å²) in [5.74, 6) is 6.22. The predicted molar refractivity (Wildman–Crippen MR) is 86.0 cm³/mol. The first kappa shape index (κ1) is 16.7. The SMILES string of the molecule is CC1CC(C)C(C)N(S(=O)(=O)c2cc(Br)cnc2NN)C1. The monoisotopic (exact) mass is 376 g/mol. The minimum atomic E-state index is -3.64. The van der Waals surface area contributed by atoms with Crippen molar-refractivity contribution >= 4 is 31.8 Å².